The summed E-state index contributed by atoms with van der Waals surface area (Å²) in [6.45, 7) is 1.64. The first-order valence-corrected chi connectivity index (χ1v) is 8.64. The van der Waals surface area contributed by atoms with E-state index in [0.29, 0.717) is 10.2 Å². The number of thiocarbonyl (C=S) groups is 2. The molecule has 4 nitrogen and oxygen atoms in total. The lowest BCUT2D eigenvalue weighted by Gasteiger charge is -2.21. The Morgan fingerprint density at radius 1 is 0.875 bits per heavy atom. The number of nitrogens with zero attached hydrogens (tertiary/aromatic N) is 1. The van der Waals surface area contributed by atoms with E-state index in [1.54, 1.807) is 0 Å². The maximum absolute atomic E-state index is 5.40. The quantitative estimate of drug-likeness (QED) is 0.540. The molecule has 0 saturated heterocycles. The van der Waals surface area contributed by atoms with Gasteiger partial charge in [-0.1, -0.05) is 36.4 Å². The maximum Gasteiger partial charge on any atom is 0.173 e. The van der Waals surface area contributed by atoms with E-state index in [1.165, 1.54) is 0 Å². The number of para-hydroxylation sites is 2. The Morgan fingerprint density at radius 3 is 2.00 bits per heavy atom. The van der Waals surface area contributed by atoms with E-state index in [-0.39, 0.29) is 0 Å². The summed E-state index contributed by atoms with van der Waals surface area (Å²) in [5.74, 6) is 0. The van der Waals surface area contributed by atoms with Crippen molar-refractivity contribution >= 4 is 46.0 Å². The van der Waals surface area contributed by atoms with Crippen LogP contribution in [0.15, 0.2) is 60.7 Å². The second-order valence-corrected chi connectivity index (χ2v) is 6.11. The standard InChI is InChI=1S/C18H22N4S2/c1-22(18(24)21-16-11-6-3-7-12-16)14-8-13-19-17(23)20-15-9-4-2-5-10-15/h2-7,9-12H,8,13-14H2,1H3,(H,21,24)(H2,19,20,23). The van der Waals surface area contributed by atoms with Crippen LogP contribution in [0.4, 0.5) is 11.4 Å². The molecule has 0 saturated carbocycles. The van der Waals surface area contributed by atoms with Crippen LogP contribution in [0.5, 0.6) is 0 Å². The van der Waals surface area contributed by atoms with Gasteiger partial charge in [-0.3, -0.25) is 0 Å². The van der Waals surface area contributed by atoms with Gasteiger partial charge >= 0.3 is 0 Å². The summed E-state index contributed by atoms with van der Waals surface area (Å²) in [6, 6.07) is 19.8. The predicted molar refractivity (Wildman–Crippen MR) is 111 cm³/mol. The fourth-order valence-electron chi connectivity index (χ4n) is 2.06. The Kier molecular flexibility index (Phi) is 7.45. The number of nitrogens with one attached hydrogen (secondary N) is 3. The highest BCUT2D eigenvalue weighted by atomic mass is 32.1. The Morgan fingerprint density at radius 2 is 1.42 bits per heavy atom. The fraction of sp³-hybridized carbons (Fsp3) is 0.222. The van der Waals surface area contributed by atoms with Crippen molar-refractivity contribution in [1.29, 1.82) is 0 Å². The van der Waals surface area contributed by atoms with Crippen molar-refractivity contribution in [3.8, 4) is 0 Å². The van der Waals surface area contributed by atoms with E-state index in [4.69, 9.17) is 24.4 Å². The van der Waals surface area contributed by atoms with Crippen molar-refractivity contribution in [2.24, 2.45) is 0 Å². The Hall–Kier alpha value is -2.18. The van der Waals surface area contributed by atoms with Crippen LogP contribution >= 0.6 is 24.4 Å². The van der Waals surface area contributed by atoms with Crippen molar-refractivity contribution in [2.75, 3.05) is 30.8 Å². The smallest absolute Gasteiger partial charge is 0.173 e. The van der Waals surface area contributed by atoms with E-state index in [2.05, 4.69) is 16.0 Å². The van der Waals surface area contributed by atoms with Gasteiger partial charge in [0.05, 0.1) is 0 Å². The van der Waals surface area contributed by atoms with Crippen molar-refractivity contribution in [2.45, 2.75) is 6.42 Å². The highest BCUT2D eigenvalue weighted by Gasteiger charge is 2.04. The average molecular weight is 359 g/mol. The molecule has 0 radical (unpaired) electrons. The summed E-state index contributed by atoms with van der Waals surface area (Å²) in [5, 5.41) is 10.9. The molecule has 0 atom stereocenters. The third kappa shape index (κ3) is 6.52. The highest BCUT2D eigenvalue weighted by Crippen LogP contribution is 2.06. The van der Waals surface area contributed by atoms with Gasteiger partial charge in [0.1, 0.15) is 0 Å². The normalized spacial score (nSPS) is 9.88. The molecule has 0 spiro atoms. The van der Waals surface area contributed by atoms with Crippen LogP contribution in [0, 0.1) is 0 Å². The van der Waals surface area contributed by atoms with E-state index in [9.17, 15) is 0 Å². The largest absolute Gasteiger partial charge is 0.362 e. The average Bonchev–Trinajstić information content (AvgIpc) is 2.60. The monoisotopic (exact) mass is 358 g/mol. The van der Waals surface area contributed by atoms with Crippen LogP contribution < -0.4 is 16.0 Å². The first-order valence-electron chi connectivity index (χ1n) is 7.82. The van der Waals surface area contributed by atoms with Crippen LogP contribution in [0.3, 0.4) is 0 Å². The van der Waals surface area contributed by atoms with Crippen molar-refractivity contribution in [1.82, 2.24) is 10.2 Å². The van der Waals surface area contributed by atoms with E-state index in [0.717, 1.165) is 30.9 Å². The lowest BCUT2D eigenvalue weighted by molar-refractivity contribution is 0.493. The van der Waals surface area contributed by atoms with Gasteiger partial charge in [0.2, 0.25) is 0 Å². The van der Waals surface area contributed by atoms with Gasteiger partial charge < -0.3 is 20.9 Å². The summed E-state index contributed by atoms with van der Waals surface area (Å²) in [5.41, 5.74) is 1.99. The molecular weight excluding hydrogens is 336 g/mol. The second-order valence-electron chi connectivity index (χ2n) is 5.32. The highest BCUT2D eigenvalue weighted by molar-refractivity contribution is 7.80. The van der Waals surface area contributed by atoms with Crippen LogP contribution in [0.25, 0.3) is 0 Å². The van der Waals surface area contributed by atoms with E-state index >= 15 is 0 Å². The van der Waals surface area contributed by atoms with Crippen LogP contribution in [-0.4, -0.2) is 35.3 Å². The molecule has 0 bridgehead atoms. The van der Waals surface area contributed by atoms with E-state index < -0.39 is 0 Å². The number of hydrogen-bond acceptors (Lipinski definition) is 2. The molecule has 6 heteroatoms. The SMILES string of the molecule is CN(CCCNC(=S)Nc1ccccc1)C(=S)Nc1ccccc1. The second kappa shape index (κ2) is 9.85. The van der Waals surface area contributed by atoms with Gasteiger partial charge in [0.15, 0.2) is 10.2 Å². The Bertz CT molecular complexity index is 647. The zero-order valence-corrected chi connectivity index (χ0v) is 15.3. The minimum Gasteiger partial charge on any atom is -0.362 e. The molecule has 126 valence electrons. The number of anilines is 2. The molecule has 0 unspecified atom stereocenters. The van der Waals surface area contributed by atoms with E-state index in [1.807, 2.05) is 72.6 Å². The number of benzene rings is 2. The summed E-state index contributed by atoms with van der Waals surface area (Å²) < 4.78 is 0. The summed E-state index contributed by atoms with van der Waals surface area (Å²) >= 11 is 10.7. The van der Waals surface area contributed by atoms with Crippen LogP contribution in [-0.2, 0) is 0 Å². The van der Waals surface area contributed by atoms with Crippen molar-refractivity contribution < 1.29 is 0 Å². The molecule has 0 amide bonds. The first-order chi connectivity index (χ1) is 11.6. The molecule has 2 aromatic rings. The summed E-state index contributed by atoms with van der Waals surface area (Å²) in [7, 11) is 1.98. The van der Waals surface area contributed by atoms with Gasteiger partial charge in [-0.2, -0.15) is 0 Å². The minimum absolute atomic E-state index is 0.633. The molecule has 0 heterocycles. The van der Waals surface area contributed by atoms with Gasteiger partial charge in [0, 0.05) is 31.5 Å². The number of rotatable bonds is 6. The van der Waals surface area contributed by atoms with Crippen LogP contribution in [0.1, 0.15) is 6.42 Å². The fourth-order valence-corrected chi connectivity index (χ4v) is 2.49. The molecule has 3 N–H and O–H groups in total. The zero-order valence-electron chi connectivity index (χ0n) is 13.7. The van der Waals surface area contributed by atoms with Gasteiger partial charge in [-0.15, -0.1) is 0 Å². The molecule has 0 fully saturated rings. The lowest BCUT2D eigenvalue weighted by Crippen LogP contribution is -2.35. The topological polar surface area (TPSA) is 39.3 Å². The van der Waals surface area contributed by atoms with Crippen molar-refractivity contribution in [3.63, 3.8) is 0 Å². The first kappa shape index (κ1) is 18.2. The minimum atomic E-state index is 0.633. The predicted octanol–water partition coefficient (Wildman–Crippen LogP) is 3.69. The molecule has 24 heavy (non-hydrogen) atoms. The molecular formula is C18H22N4S2. The molecule has 2 rings (SSSR count). The lowest BCUT2D eigenvalue weighted by atomic mass is 10.3. The van der Waals surface area contributed by atoms with Gasteiger partial charge in [-0.25, -0.2) is 0 Å². The summed E-state index contributed by atoms with van der Waals surface area (Å²) in [6.07, 6.45) is 0.934. The maximum atomic E-state index is 5.40. The Balaban J connectivity index is 1.62. The number of hydrogen-bond donors (Lipinski definition) is 3. The third-order valence-electron chi connectivity index (χ3n) is 3.36. The Labute approximate surface area is 154 Å². The molecule has 2 aromatic carbocycles. The van der Waals surface area contributed by atoms with Crippen molar-refractivity contribution in [3.05, 3.63) is 60.7 Å². The molecule has 0 aliphatic rings. The van der Waals surface area contributed by atoms with Gasteiger partial charge in [0.25, 0.3) is 0 Å². The summed E-state index contributed by atoms with van der Waals surface area (Å²) in [4.78, 5) is 2.03. The third-order valence-corrected chi connectivity index (χ3v) is 4.02. The molecule has 0 aliphatic heterocycles. The zero-order chi connectivity index (χ0) is 17.2. The van der Waals surface area contributed by atoms with Crippen LogP contribution in [0.2, 0.25) is 0 Å². The molecule has 0 aromatic heterocycles. The molecule has 0 aliphatic carbocycles. The van der Waals surface area contributed by atoms with Gasteiger partial charge in [-0.05, 0) is 55.1 Å².